The van der Waals surface area contributed by atoms with E-state index < -0.39 is 10.0 Å². The molecule has 1 aliphatic carbocycles. The van der Waals surface area contributed by atoms with Crippen LogP contribution in [0.25, 0.3) is 0 Å². The van der Waals surface area contributed by atoms with Crippen LogP contribution < -0.4 is 4.72 Å². The maximum atomic E-state index is 12.1. The topological polar surface area (TPSA) is 68.3 Å². The lowest BCUT2D eigenvalue weighted by Crippen LogP contribution is -2.61. The molecule has 0 saturated heterocycles. The summed E-state index contributed by atoms with van der Waals surface area (Å²) in [7, 11) is -1.90. The third-order valence-electron chi connectivity index (χ3n) is 3.48. The van der Waals surface area contributed by atoms with E-state index in [1.54, 1.807) is 7.11 Å². The zero-order chi connectivity index (χ0) is 13.6. The zero-order valence-electron chi connectivity index (χ0n) is 10.3. The van der Waals surface area contributed by atoms with Gasteiger partial charge in [-0.3, -0.25) is 0 Å². The van der Waals surface area contributed by atoms with Crippen LogP contribution in [-0.2, 0) is 14.8 Å². The van der Waals surface area contributed by atoms with Gasteiger partial charge in [0.05, 0.1) is 12.3 Å². The maximum Gasteiger partial charge on any atom is 0.251 e. The molecule has 102 valence electrons. The molecule has 0 aliphatic heterocycles. The first kappa shape index (κ1) is 14.2. The lowest BCUT2D eigenvalue weighted by Gasteiger charge is -2.50. The summed E-state index contributed by atoms with van der Waals surface area (Å²) in [4.78, 5) is 3.74. The van der Waals surface area contributed by atoms with Crippen LogP contribution in [0.15, 0.2) is 10.4 Å². The number of thiazole rings is 1. The number of halogens is 1. The van der Waals surface area contributed by atoms with Crippen molar-refractivity contribution in [3.63, 3.8) is 0 Å². The minimum Gasteiger partial charge on any atom is -0.381 e. The van der Waals surface area contributed by atoms with Crippen LogP contribution in [0.1, 0.15) is 20.3 Å². The molecule has 0 amide bonds. The van der Waals surface area contributed by atoms with Crippen LogP contribution in [0.3, 0.4) is 0 Å². The van der Waals surface area contributed by atoms with E-state index in [9.17, 15) is 8.42 Å². The van der Waals surface area contributed by atoms with Gasteiger partial charge in [-0.05, 0) is 6.42 Å². The van der Waals surface area contributed by atoms with Crippen LogP contribution in [0.2, 0.25) is 4.47 Å². The number of rotatable bonds is 4. The predicted molar refractivity (Wildman–Crippen MR) is 70.4 cm³/mol. The average Bonchev–Trinajstić information content (AvgIpc) is 2.71. The third kappa shape index (κ3) is 2.42. The fourth-order valence-electron chi connectivity index (χ4n) is 2.09. The van der Waals surface area contributed by atoms with E-state index >= 15 is 0 Å². The normalized spacial score (nSPS) is 26.9. The van der Waals surface area contributed by atoms with Crippen molar-refractivity contribution >= 4 is 33.0 Å². The van der Waals surface area contributed by atoms with Gasteiger partial charge in [0, 0.05) is 18.6 Å². The molecule has 2 atom stereocenters. The first-order valence-corrected chi connectivity index (χ1v) is 8.11. The van der Waals surface area contributed by atoms with Crippen molar-refractivity contribution in [2.24, 2.45) is 5.41 Å². The lowest BCUT2D eigenvalue weighted by atomic mass is 9.65. The summed E-state index contributed by atoms with van der Waals surface area (Å²) in [5.41, 5.74) is -0.212. The summed E-state index contributed by atoms with van der Waals surface area (Å²) in [6, 6.07) is -0.131. The Balaban J connectivity index is 2.11. The quantitative estimate of drug-likeness (QED) is 0.922. The Hall–Kier alpha value is -0.210. The zero-order valence-corrected chi connectivity index (χ0v) is 12.7. The SMILES string of the molecule is COC1CC(NS(=O)(=O)c2cnc(Cl)s2)C1(C)C. The minimum absolute atomic E-state index is 0.0789. The highest BCUT2D eigenvalue weighted by Crippen LogP contribution is 2.43. The lowest BCUT2D eigenvalue weighted by molar-refractivity contribution is -0.0908. The highest BCUT2D eigenvalue weighted by molar-refractivity contribution is 7.91. The first-order valence-electron chi connectivity index (χ1n) is 5.44. The van der Waals surface area contributed by atoms with Gasteiger partial charge in [-0.2, -0.15) is 0 Å². The second-order valence-electron chi connectivity index (χ2n) is 4.89. The standard InChI is InChI=1S/C10H15ClN2O3S2/c1-10(2)6(4-7(10)16-3)13-18(14,15)8-5-12-9(11)17-8/h5-7,13H,4H2,1-3H3. The van der Waals surface area contributed by atoms with E-state index in [1.807, 2.05) is 13.8 Å². The molecule has 2 rings (SSSR count). The Morgan fingerprint density at radius 3 is 2.72 bits per heavy atom. The molecule has 0 radical (unpaired) electrons. The summed E-state index contributed by atoms with van der Waals surface area (Å²) in [5, 5.41) is 0. The summed E-state index contributed by atoms with van der Waals surface area (Å²) >= 11 is 6.60. The van der Waals surface area contributed by atoms with E-state index in [-0.39, 0.29) is 26.2 Å². The van der Waals surface area contributed by atoms with Crippen LogP contribution in [0.5, 0.6) is 0 Å². The summed E-state index contributed by atoms with van der Waals surface area (Å²) in [5.74, 6) is 0. The Kier molecular flexibility index (Phi) is 3.72. The van der Waals surface area contributed by atoms with E-state index in [1.165, 1.54) is 6.20 Å². The predicted octanol–water partition coefficient (Wildman–Crippen LogP) is 1.89. The molecule has 0 aromatic carbocycles. The molecule has 1 N–H and O–H groups in total. The van der Waals surface area contributed by atoms with E-state index in [4.69, 9.17) is 16.3 Å². The van der Waals surface area contributed by atoms with Crippen molar-refractivity contribution in [2.45, 2.75) is 36.6 Å². The molecule has 1 saturated carbocycles. The number of nitrogens with zero attached hydrogens (tertiary/aromatic N) is 1. The van der Waals surface area contributed by atoms with Crippen LogP contribution >= 0.6 is 22.9 Å². The molecule has 2 unspecified atom stereocenters. The molecular weight excluding hydrogens is 296 g/mol. The number of sulfonamides is 1. The smallest absolute Gasteiger partial charge is 0.251 e. The van der Waals surface area contributed by atoms with Gasteiger partial charge < -0.3 is 4.74 Å². The molecule has 1 aromatic heterocycles. The number of ether oxygens (including phenoxy) is 1. The molecule has 1 aliphatic rings. The van der Waals surface area contributed by atoms with Crippen molar-refractivity contribution < 1.29 is 13.2 Å². The second-order valence-corrected chi connectivity index (χ2v) is 8.44. The van der Waals surface area contributed by atoms with Crippen LogP contribution in [0.4, 0.5) is 0 Å². The summed E-state index contributed by atoms with van der Waals surface area (Å²) in [6.07, 6.45) is 2.03. The minimum atomic E-state index is -3.54. The maximum absolute atomic E-state index is 12.1. The van der Waals surface area contributed by atoms with Gasteiger partial charge in [-0.15, -0.1) is 0 Å². The van der Waals surface area contributed by atoms with Crippen molar-refractivity contribution in [1.82, 2.24) is 9.71 Å². The average molecular weight is 311 g/mol. The van der Waals surface area contributed by atoms with Crippen molar-refractivity contribution in [3.05, 3.63) is 10.7 Å². The fraction of sp³-hybridized carbons (Fsp3) is 0.700. The van der Waals surface area contributed by atoms with Gasteiger partial charge in [0.1, 0.15) is 0 Å². The number of methoxy groups -OCH3 is 1. The Bertz CT molecular complexity index is 541. The Morgan fingerprint density at radius 2 is 2.28 bits per heavy atom. The van der Waals surface area contributed by atoms with Gasteiger partial charge >= 0.3 is 0 Å². The van der Waals surface area contributed by atoms with Gasteiger partial charge in [0.25, 0.3) is 10.0 Å². The van der Waals surface area contributed by atoms with Crippen molar-refractivity contribution in [3.8, 4) is 0 Å². The van der Waals surface area contributed by atoms with Gasteiger partial charge in [-0.1, -0.05) is 36.8 Å². The molecule has 8 heteroatoms. The van der Waals surface area contributed by atoms with Gasteiger partial charge in [0.2, 0.25) is 0 Å². The van der Waals surface area contributed by atoms with E-state index in [0.717, 1.165) is 11.3 Å². The Morgan fingerprint density at radius 1 is 1.61 bits per heavy atom. The highest BCUT2D eigenvalue weighted by Gasteiger charge is 2.50. The fourth-order valence-corrected chi connectivity index (χ4v) is 4.81. The van der Waals surface area contributed by atoms with Crippen molar-refractivity contribution in [1.29, 1.82) is 0 Å². The first-order chi connectivity index (χ1) is 8.27. The molecule has 0 bridgehead atoms. The monoisotopic (exact) mass is 310 g/mol. The molecule has 5 nitrogen and oxygen atoms in total. The molecule has 0 spiro atoms. The van der Waals surface area contributed by atoms with Gasteiger partial charge in [-0.25, -0.2) is 18.1 Å². The molecule has 18 heavy (non-hydrogen) atoms. The summed E-state index contributed by atoms with van der Waals surface area (Å²) in [6.45, 7) is 3.97. The Labute approximate surface area is 116 Å². The van der Waals surface area contributed by atoms with E-state index in [2.05, 4.69) is 9.71 Å². The largest absolute Gasteiger partial charge is 0.381 e. The third-order valence-corrected chi connectivity index (χ3v) is 6.53. The van der Waals surface area contributed by atoms with Crippen molar-refractivity contribution in [2.75, 3.05) is 7.11 Å². The second kappa shape index (κ2) is 4.72. The summed E-state index contributed by atoms with van der Waals surface area (Å²) < 4.78 is 32.5. The number of hydrogen-bond donors (Lipinski definition) is 1. The molecule has 1 heterocycles. The molecular formula is C10H15ClN2O3S2. The number of nitrogens with one attached hydrogen (secondary N) is 1. The van der Waals surface area contributed by atoms with Gasteiger partial charge in [0.15, 0.2) is 8.68 Å². The van der Waals surface area contributed by atoms with E-state index in [0.29, 0.717) is 6.42 Å². The number of hydrogen-bond acceptors (Lipinski definition) is 5. The van der Waals surface area contributed by atoms with Crippen LogP contribution in [-0.4, -0.2) is 32.7 Å². The molecule has 1 aromatic rings. The highest BCUT2D eigenvalue weighted by atomic mass is 35.5. The number of aromatic nitrogens is 1. The van der Waals surface area contributed by atoms with Crippen LogP contribution in [0, 0.1) is 5.41 Å². The molecule has 1 fully saturated rings.